The van der Waals surface area contributed by atoms with Crippen molar-refractivity contribution in [1.82, 2.24) is 14.4 Å². The van der Waals surface area contributed by atoms with E-state index in [2.05, 4.69) is 21.8 Å². The van der Waals surface area contributed by atoms with Crippen LogP contribution in [0.2, 0.25) is 0 Å². The van der Waals surface area contributed by atoms with Crippen LogP contribution in [0, 0.1) is 11.8 Å². The molecule has 0 saturated carbocycles. The van der Waals surface area contributed by atoms with Crippen molar-refractivity contribution in [1.29, 1.82) is 0 Å². The van der Waals surface area contributed by atoms with Gasteiger partial charge in [0.15, 0.2) is 0 Å². The molecule has 6 nitrogen and oxygen atoms in total. The second-order valence-electron chi connectivity index (χ2n) is 5.29. The fourth-order valence-corrected chi connectivity index (χ4v) is 2.31. The van der Waals surface area contributed by atoms with Crippen LogP contribution in [0.1, 0.15) is 32.3 Å². The summed E-state index contributed by atoms with van der Waals surface area (Å²) in [7, 11) is 1.67. The summed E-state index contributed by atoms with van der Waals surface area (Å²) < 4.78 is 6.75. The minimum absolute atomic E-state index is 0.173. The van der Waals surface area contributed by atoms with Gasteiger partial charge in [0.2, 0.25) is 5.78 Å². The molecule has 2 aromatic heterocycles. The van der Waals surface area contributed by atoms with Crippen molar-refractivity contribution in [2.45, 2.75) is 26.7 Å². The predicted molar refractivity (Wildman–Crippen MR) is 104 cm³/mol. The van der Waals surface area contributed by atoms with Crippen molar-refractivity contribution in [2.24, 2.45) is 0 Å². The van der Waals surface area contributed by atoms with Crippen LogP contribution in [0.4, 0.5) is 5.82 Å². The third-order valence-corrected chi connectivity index (χ3v) is 3.53. The molecule has 0 bridgehead atoms. The van der Waals surface area contributed by atoms with E-state index < -0.39 is 0 Å². The fraction of sp³-hybridized carbons (Fsp3) is 0.300. The number of ether oxygens (including phenoxy) is 1. The molecule has 0 atom stereocenters. The second kappa shape index (κ2) is 9.44. The average Bonchev–Trinajstić information content (AvgIpc) is 3.06. The van der Waals surface area contributed by atoms with Crippen LogP contribution in [-0.2, 0) is 4.74 Å². The van der Waals surface area contributed by atoms with E-state index in [1.54, 1.807) is 42.1 Å². The minimum Gasteiger partial charge on any atom is -0.507 e. The molecule has 1 aromatic carbocycles. The van der Waals surface area contributed by atoms with Crippen LogP contribution in [0.5, 0.6) is 5.75 Å². The summed E-state index contributed by atoms with van der Waals surface area (Å²) in [6.45, 7) is 4.69. The molecule has 3 N–H and O–H groups in total. The van der Waals surface area contributed by atoms with Crippen LogP contribution in [0.25, 0.3) is 17.0 Å². The Balaban J connectivity index is 0.00000117. The monoisotopic (exact) mass is 352 g/mol. The van der Waals surface area contributed by atoms with Gasteiger partial charge in [0.25, 0.3) is 0 Å². The van der Waals surface area contributed by atoms with Crippen LogP contribution in [0.3, 0.4) is 0 Å². The number of unbranched alkanes of at least 4 members (excludes halogenated alkanes) is 1. The molecule has 0 amide bonds. The van der Waals surface area contributed by atoms with E-state index in [9.17, 15) is 5.11 Å². The van der Waals surface area contributed by atoms with E-state index in [0.717, 1.165) is 12.8 Å². The first-order chi connectivity index (χ1) is 12.7. The van der Waals surface area contributed by atoms with E-state index >= 15 is 0 Å². The number of benzene rings is 1. The Hall–Kier alpha value is -3.04. The third kappa shape index (κ3) is 4.52. The first-order valence-corrected chi connectivity index (χ1v) is 8.60. The molecular formula is C20H24N4O2. The molecule has 0 saturated heterocycles. The van der Waals surface area contributed by atoms with Gasteiger partial charge in [-0.3, -0.25) is 4.40 Å². The summed E-state index contributed by atoms with van der Waals surface area (Å²) in [5.74, 6) is 7.08. The van der Waals surface area contributed by atoms with Gasteiger partial charge in [-0.25, -0.2) is 4.98 Å². The molecule has 136 valence electrons. The topological polar surface area (TPSA) is 85.7 Å². The Kier molecular flexibility index (Phi) is 7.01. The Labute approximate surface area is 153 Å². The molecule has 0 aliphatic rings. The molecule has 0 spiro atoms. The maximum Gasteiger partial charge on any atom is 0.236 e. The Morgan fingerprint density at radius 2 is 1.96 bits per heavy atom. The van der Waals surface area contributed by atoms with E-state index in [-0.39, 0.29) is 5.75 Å². The number of fused-ring (bicyclic) bond motifs is 1. The maximum atomic E-state index is 9.96. The van der Waals surface area contributed by atoms with Gasteiger partial charge in [0, 0.05) is 38.1 Å². The quantitative estimate of drug-likeness (QED) is 0.554. The number of rotatable bonds is 4. The number of phenolic OH excluding ortho intramolecular Hbond substituents is 1. The van der Waals surface area contributed by atoms with E-state index in [1.807, 2.05) is 19.9 Å². The molecule has 2 heterocycles. The molecule has 0 unspecified atom stereocenters. The zero-order valence-corrected chi connectivity index (χ0v) is 15.4. The molecule has 3 rings (SSSR count). The van der Waals surface area contributed by atoms with Crippen LogP contribution in [-0.4, -0.2) is 33.2 Å². The van der Waals surface area contributed by atoms with Crippen molar-refractivity contribution < 1.29 is 9.84 Å². The third-order valence-electron chi connectivity index (χ3n) is 3.53. The fourth-order valence-electron chi connectivity index (χ4n) is 2.31. The van der Waals surface area contributed by atoms with Gasteiger partial charge in [0.05, 0.1) is 11.3 Å². The second-order valence-corrected chi connectivity index (χ2v) is 5.29. The highest BCUT2D eigenvalue weighted by Crippen LogP contribution is 2.28. The molecule has 0 aliphatic carbocycles. The highest BCUT2D eigenvalue weighted by Gasteiger charge is 2.10. The molecule has 0 fully saturated rings. The Bertz CT molecular complexity index is 922. The first kappa shape index (κ1) is 19.3. The van der Waals surface area contributed by atoms with E-state index in [0.29, 0.717) is 35.0 Å². The van der Waals surface area contributed by atoms with Gasteiger partial charge >= 0.3 is 0 Å². The largest absolute Gasteiger partial charge is 0.507 e. The molecular weight excluding hydrogens is 328 g/mol. The number of aromatic hydroxyl groups is 1. The minimum atomic E-state index is 0.173. The summed E-state index contributed by atoms with van der Waals surface area (Å²) in [5.41, 5.74) is 7.90. The van der Waals surface area contributed by atoms with Crippen molar-refractivity contribution in [2.75, 3.05) is 19.5 Å². The number of methoxy groups -OCH3 is 1. The normalized spacial score (nSPS) is 9.96. The lowest BCUT2D eigenvalue weighted by Crippen LogP contribution is -1.99. The number of aromatic nitrogens is 3. The number of nitrogens with zero attached hydrogens (tertiary/aromatic N) is 3. The number of anilines is 1. The Morgan fingerprint density at radius 1 is 1.19 bits per heavy atom. The van der Waals surface area contributed by atoms with Crippen molar-refractivity contribution in [3.8, 4) is 28.8 Å². The SMILES string of the molecule is CC.COCCCC#Cc1cn2cc(-c3ccccc3O)nc2nc1N. The standard InChI is InChI=1S/C18H18N4O2.C2H6/c1-24-10-6-2-3-7-13-11-22-12-15(20-18(22)21-17(13)19)14-8-4-5-9-16(14)23;1-2/h4-5,8-9,11-12,23H,2,6,10H2,1H3,(H2,19,20,21);1-2H3. The summed E-state index contributed by atoms with van der Waals surface area (Å²) in [4.78, 5) is 8.70. The molecule has 0 aliphatic heterocycles. The van der Waals surface area contributed by atoms with E-state index in [1.165, 1.54) is 0 Å². The number of nitrogens with two attached hydrogens (primary N) is 1. The predicted octanol–water partition coefficient (Wildman–Crippen LogP) is 3.49. The smallest absolute Gasteiger partial charge is 0.236 e. The molecule has 3 aromatic rings. The lowest BCUT2D eigenvalue weighted by atomic mass is 10.1. The van der Waals surface area contributed by atoms with Crippen molar-refractivity contribution >= 4 is 11.6 Å². The zero-order valence-electron chi connectivity index (χ0n) is 15.4. The number of nitrogen functional groups attached to an aromatic ring is 1. The number of imidazole rings is 1. The molecule has 26 heavy (non-hydrogen) atoms. The number of para-hydroxylation sites is 1. The summed E-state index contributed by atoms with van der Waals surface area (Å²) in [5, 5.41) is 9.96. The first-order valence-electron chi connectivity index (χ1n) is 8.60. The van der Waals surface area contributed by atoms with Gasteiger partial charge in [-0.2, -0.15) is 4.98 Å². The highest BCUT2D eigenvalue weighted by molar-refractivity contribution is 5.68. The number of hydrogen-bond acceptors (Lipinski definition) is 5. The van der Waals surface area contributed by atoms with Crippen LogP contribution < -0.4 is 5.73 Å². The van der Waals surface area contributed by atoms with Gasteiger partial charge in [-0.05, 0) is 18.6 Å². The summed E-state index contributed by atoms with van der Waals surface area (Å²) in [6.07, 6.45) is 5.21. The maximum absolute atomic E-state index is 9.96. The van der Waals surface area contributed by atoms with Crippen LogP contribution >= 0.6 is 0 Å². The van der Waals surface area contributed by atoms with Gasteiger partial charge in [0.1, 0.15) is 11.6 Å². The van der Waals surface area contributed by atoms with Gasteiger partial charge in [-0.1, -0.05) is 37.8 Å². The summed E-state index contributed by atoms with van der Waals surface area (Å²) >= 11 is 0. The highest BCUT2D eigenvalue weighted by atomic mass is 16.5. The van der Waals surface area contributed by atoms with Crippen molar-refractivity contribution in [3.63, 3.8) is 0 Å². The van der Waals surface area contributed by atoms with Crippen LogP contribution in [0.15, 0.2) is 36.7 Å². The average molecular weight is 352 g/mol. The zero-order chi connectivity index (χ0) is 18.9. The van der Waals surface area contributed by atoms with Crippen molar-refractivity contribution in [3.05, 3.63) is 42.2 Å². The molecule has 6 heteroatoms. The lowest BCUT2D eigenvalue weighted by Gasteiger charge is -1.98. The number of hydrogen-bond donors (Lipinski definition) is 2. The summed E-state index contributed by atoms with van der Waals surface area (Å²) in [6, 6.07) is 7.04. The Morgan fingerprint density at radius 3 is 2.69 bits per heavy atom. The van der Waals surface area contributed by atoms with Gasteiger partial charge in [-0.15, -0.1) is 0 Å². The lowest BCUT2D eigenvalue weighted by molar-refractivity contribution is 0.196. The van der Waals surface area contributed by atoms with Gasteiger partial charge < -0.3 is 15.6 Å². The van der Waals surface area contributed by atoms with E-state index in [4.69, 9.17) is 10.5 Å². The molecule has 0 radical (unpaired) electrons. The number of phenols is 1.